The van der Waals surface area contributed by atoms with E-state index in [-0.39, 0.29) is 12.5 Å². The van der Waals surface area contributed by atoms with Gasteiger partial charge in [0, 0.05) is 25.2 Å². The van der Waals surface area contributed by atoms with Crippen LogP contribution in [0, 0.1) is 13.8 Å². The number of hydrazone groups is 1. The van der Waals surface area contributed by atoms with Gasteiger partial charge in [-0.25, -0.2) is 5.43 Å². The van der Waals surface area contributed by atoms with Gasteiger partial charge in [0.2, 0.25) is 0 Å². The Morgan fingerprint density at radius 1 is 1.13 bits per heavy atom. The molecule has 0 aromatic heterocycles. The van der Waals surface area contributed by atoms with E-state index in [1.165, 1.54) is 0 Å². The summed E-state index contributed by atoms with van der Waals surface area (Å²) in [5.41, 5.74) is 7.49. The van der Waals surface area contributed by atoms with E-state index in [9.17, 15) is 4.79 Å². The predicted octanol–water partition coefficient (Wildman–Crippen LogP) is 3.06. The van der Waals surface area contributed by atoms with Crippen LogP contribution in [0.4, 0.5) is 0 Å². The number of methoxy groups -OCH3 is 1. The Morgan fingerprint density at radius 3 is 2.52 bits per heavy atom. The smallest absolute Gasteiger partial charge is 0.277 e. The fourth-order valence-corrected chi connectivity index (χ4v) is 3.54. The molecule has 1 fully saturated rings. The summed E-state index contributed by atoms with van der Waals surface area (Å²) in [4.78, 5) is 14.5. The van der Waals surface area contributed by atoms with Gasteiger partial charge in [-0.1, -0.05) is 6.07 Å². The summed E-state index contributed by atoms with van der Waals surface area (Å²) < 4.78 is 16.5. The minimum absolute atomic E-state index is 0.0927. The number of hydrogen-bond acceptors (Lipinski definition) is 6. The molecule has 166 valence electrons. The van der Waals surface area contributed by atoms with Crippen molar-refractivity contribution in [3.63, 3.8) is 0 Å². The minimum atomic E-state index is -0.305. The van der Waals surface area contributed by atoms with Crippen molar-refractivity contribution >= 4 is 11.6 Å². The van der Waals surface area contributed by atoms with E-state index in [4.69, 9.17) is 14.2 Å². The van der Waals surface area contributed by atoms with Crippen molar-refractivity contribution in [1.29, 1.82) is 0 Å². The molecule has 7 nitrogen and oxygen atoms in total. The fraction of sp³-hybridized carbons (Fsp3) is 0.417. The zero-order valence-electron chi connectivity index (χ0n) is 18.7. The molecule has 0 unspecified atom stereocenters. The van der Waals surface area contributed by atoms with E-state index < -0.39 is 0 Å². The standard InChI is InChI=1S/C24H31N3O4/c1-17-11-18(2)13-22(12-17)31-16-24(28)26-25-19(3)20-5-6-23(29-4)21(14-20)15-27-7-9-30-10-8-27/h5-6,11-14H,7-10,15-16H2,1-4H3,(H,26,28)/b25-19-. The maximum absolute atomic E-state index is 12.2. The van der Waals surface area contributed by atoms with Gasteiger partial charge in [0.1, 0.15) is 11.5 Å². The Hall–Kier alpha value is -2.90. The molecule has 2 aromatic rings. The molecule has 0 radical (unpaired) electrons. The van der Waals surface area contributed by atoms with Crippen molar-refractivity contribution in [2.24, 2.45) is 5.10 Å². The number of nitrogens with one attached hydrogen (secondary N) is 1. The highest BCUT2D eigenvalue weighted by Gasteiger charge is 2.14. The molecule has 0 aliphatic carbocycles. The quantitative estimate of drug-likeness (QED) is 0.520. The summed E-state index contributed by atoms with van der Waals surface area (Å²) in [5, 5.41) is 4.25. The number of benzene rings is 2. The average Bonchev–Trinajstić information content (AvgIpc) is 2.76. The Morgan fingerprint density at radius 2 is 1.84 bits per heavy atom. The van der Waals surface area contributed by atoms with E-state index in [0.29, 0.717) is 11.5 Å². The van der Waals surface area contributed by atoms with Crippen LogP contribution in [0.15, 0.2) is 41.5 Å². The highest BCUT2D eigenvalue weighted by atomic mass is 16.5. The van der Waals surface area contributed by atoms with Gasteiger partial charge in [0.25, 0.3) is 5.91 Å². The highest BCUT2D eigenvalue weighted by molar-refractivity contribution is 5.99. The monoisotopic (exact) mass is 425 g/mol. The normalized spacial score (nSPS) is 14.9. The van der Waals surface area contributed by atoms with Crippen molar-refractivity contribution in [2.75, 3.05) is 40.0 Å². The molecule has 1 saturated heterocycles. The zero-order chi connectivity index (χ0) is 22.2. The minimum Gasteiger partial charge on any atom is -0.496 e. The van der Waals surface area contributed by atoms with Crippen molar-refractivity contribution in [3.8, 4) is 11.5 Å². The predicted molar refractivity (Wildman–Crippen MR) is 121 cm³/mol. The number of morpholine rings is 1. The fourth-order valence-electron chi connectivity index (χ4n) is 3.54. The lowest BCUT2D eigenvalue weighted by atomic mass is 10.1. The van der Waals surface area contributed by atoms with Gasteiger partial charge >= 0.3 is 0 Å². The largest absolute Gasteiger partial charge is 0.496 e. The molecule has 0 saturated carbocycles. The summed E-state index contributed by atoms with van der Waals surface area (Å²) in [7, 11) is 1.68. The Balaban J connectivity index is 1.60. The van der Waals surface area contributed by atoms with Crippen LogP contribution in [0.1, 0.15) is 29.2 Å². The van der Waals surface area contributed by atoms with E-state index >= 15 is 0 Å². The number of hydrogen-bond donors (Lipinski definition) is 1. The highest BCUT2D eigenvalue weighted by Crippen LogP contribution is 2.22. The first kappa shape index (κ1) is 22.8. The van der Waals surface area contributed by atoms with Crippen molar-refractivity contribution in [2.45, 2.75) is 27.3 Å². The van der Waals surface area contributed by atoms with Crippen LogP contribution in [0.25, 0.3) is 0 Å². The number of rotatable bonds is 8. The van der Waals surface area contributed by atoms with Crippen molar-refractivity contribution in [1.82, 2.24) is 10.3 Å². The van der Waals surface area contributed by atoms with Crippen LogP contribution >= 0.6 is 0 Å². The van der Waals surface area contributed by atoms with Crippen LogP contribution in [0.5, 0.6) is 11.5 Å². The number of amides is 1. The third-order valence-corrected chi connectivity index (χ3v) is 5.11. The van der Waals surface area contributed by atoms with Gasteiger partial charge in [0.05, 0.1) is 26.0 Å². The SMILES string of the molecule is COc1ccc(/C(C)=N\NC(=O)COc2cc(C)cc(C)c2)cc1CN1CCOCC1. The number of nitrogens with zero attached hydrogens (tertiary/aromatic N) is 2. The molecule has 0 atom stereocenters. The first-order valence-electron chi connectivity index (χ1n) is 10.5. The van der Waals surface area contributed by atoms with Gasteiger partial charge in [-0.3, -0.25) is 9.69 Å². The molecule has 1 amide bonds. The molecule has 1 aliphatic heterocycles. The maximum atomic E-state index is 12.2. The molecule has 7 heteroatoms. The second kappa shape index (κ2) is 10.9. The number of aryl methyl sites for hydroxylation is 2. The average molecular weight is 426 g/mol. The van der Waals surface area contributed by atoms with Gasteiger partial charge in [0.15, 0.2) is 6.61 Å². The molecule has 3 rings (SSSR count). The van der Waals surface area contributed by atoms with Crippen LogP contribution in [0.2, 0.25) is 0 Å². The van der Waals surface area contributed by atoms with Crippen molar-refractivity contribution in [3.05, 3.63) is 58.7 Å². The number of ether oxygens (including phenoxy) is 3. The van der Waals surface area contributed by atoms with Crippen LogP contribution in [-0.2, 0) is 16.1 Å². The second-order valence-corrected chi connectivity index (χ2v) is 7.76. The molecule has 1 heterocycles. The van der Waals surface area contributed by atoms with E-state index in [1.54, 1.807) is 7.11 Å². The molecule has 1 aliphatic rings. The molecule has 0 spiro atoms. The Bertz CT molecular complexity index is 916. The van der Waals surface area contributed by atoms with Crippen LogP contribution < -0.4 is 14.9 Å². The second-order valence-electron chi connectivity index (χ2n) is 7.76. The van der Waals surface area contributed by atoms with Gasteiger partial charge in [-0.2, -0.15) is 5.10 Å². The lowest BCUT2D eigenvalue weighted by molar-refractivity contribution is -0.123. The molecule has 31 heavy (non-hydrogen) atoms. The lowest BCUT2D eigenvalue weighted by Crippen LogP contribution is -2.35. The first-order chi connectivity index (χ1) is 14.9. The molecule has 1 N–H and O–H groups in total. The van der Waals surface area contributed by atoms with E-state index in [1.807, 2.05) is 45.0 Å². The summed E-state index contributed by atoms with van der Waals surface area (Å²) in [6.07, 6.45) is 0. The first-order valence-corrected chi connectivity index (χ1v) is 10.5. The molecule has 2 aromatic carbocycles. The van der Waals surface area contributed by atoms with Crippen LogP contribution in [0.3, 0.4) is 0 Å². The van der Waals surface area contributed by atoms with Gasteiger partial charge < -0.3 is 14.2 Å². The Kier molecular flexibility index (Phi) is 8.03. The third-order valence-electron chi connectivity index (χ3n) is 5.11. The third kappa shape index (κ3) is 6.80. The van der Waals surface area contributed by atoms with Crippen molar-refractivity contribution < 1.29 is 19.0 Å². The summed E-state index contributed by atoms with van der Waals surface area (Å²) in [5.74, 6) is 1.21. The molecular formula is C24H31N3O4. The topological polar surface area (TPSA) is 72.4 Å². The summed E-state index contributed by atoms with van der Waals surface area (Å²) in [6, 6.07) is 11.8. The molecule has 0 bridgehead atoms. The lowest BCUT2D eigenvalue weighted by Gasteiger charge is -2.27. The van der Waals surface area contributed by atoms with Gasteiger partial charge in [-0.05, 0) is 67.8 Å². The zero-order valence-corrected chi connectivity index (χ0v) is 18.7. The number of carbonyl (C=O) groups is 1. The molecular weight excluding hydrogens is 394 g/mol. The van der Waals surface area contributed by atoms with Crippen LogP contribution in [-0.4, -0.2) is 56.5 Å². The van der Waals surface area contributed by atoms with Gasteiger partial charge in [-0.15, -0.1) is 0 Å². The number of carbonyl (C=O) groups excluding carboxylic acids is 1. The Labute approximate surface area is 184 Å². The van der Waals surface area contributed by atoms with E-state index in [2.05, 4.69) is 27.6 Å². The van der Waals surface area contributed by atoms with E-state index in [0.717, 1.165) is 60.9 Å². The summed E-state index contributed by atoms with van der Waals surface area (Å²) in [6.45, 7) is 9.84. The summed E-state index contributed by atoms with van der Waals surface area (Å²) >= 11 is 0. The maximum Gasteiger partial charge on any atom is 0.277 e.